The zero-order chi connectivity index (χ0) is 20.8. The summed E-state index contributed by atoms with van der Waals surface area (Å²) in [5.41, 5.74) is 2.61. The monoisotopic (exact) mass is 419 g/mol. The third kappa shape index (κ3) is 3.33. The predicted molar refractivity (Wildman–Crippen MR) is 118 cm³/mol. The van der Waals surface area contributed by atoms with E-state index in [1.165, 1.54) is 22.2 Å². The molecule has 30 heavy (non-hydrogen) atoms. The fraction of sp³-hybridized carbons (Fsp3) is 0.273. The van der Waals surface area contributed by atoms with Crippen molar-refractivity contribution in [1.29, 1.82) is 0 Å². The molecule has 0 atom stereocenters. The van der Waals surface area contributed by atoms with Gasteiger partial charge in [-0.15, -0.1) is 11.3 Å². The van der Waals surface area contributed by atoms with E-state index in [1.54, 1.807) is 4.68 Å². The highest BCUT2D eigenvalue weighted by Crippen LogP contribution is 2.40. The summed E-state index contributed by atoms with van der Waals surface area (Å²) in [6.07, 6.45) is 3.70. The molecule has 1 aliphatic carbocycles. The summed E-state index contributed by atoms with van der Waals surface area (Å²) < 4.78 is 3.12. The predicted octanol–water partition coefficient (Wildman–Crippen LogP) is 3.78. The number of carbonyl (C=O) groups excluding carboxylic acids is 1. The van der Waals surface area contributed by atoms with Crippen LogP contribution in [0.15, 0.2) is 47.5 Å². The maximum absolute atomic E-state index is 12.9. The molecule has 4 aromatic rings. The minimum absolute atomic E-state index is 0.102. The van der Waals surface area contributed by atoms with E-state index in [0.717, 1.165) is 34.7 Å². The highest BCUT2D eigenvalue weighted by molar-refractivity contribution is 7.18. The lowest BCUT2D eigenvalue weighted by Gasteiger charge is -2.10. The second kappa shape index (κ2) is 7.21. The van der Waals surface area contributed by atoms with E-state index < -0.39 is 0 Å². The number of amides is 1. The number of anilines is 1. The molecule has 1 aliphatic rings. The number of benzene rings is 1. The minimum atomic E-state index is -0.290. The van der Waals surface area contributed by atoms with Crippen molar-refractivity contribution in [3.63, 3.8) is 0 Å². The van der Waals surface area contributed by atoms with Gasteiger partial charge < -0.3 is 5.32 Å². The summed E-state index contributed by atoms with van der Waals surface area (Å²) in [4.78, 5) is 31.8. The van der Waals surface area contributed by atoms with Crippen molar-refractivity contribution in [1.82, 2.24) is 19.3 Å². The van der Waals surface area contributed by atoms with Gasteiger partial charge in [-0.3, -0.25) is 14.2 Å². The van der Waals surface area contributed by atoms with Gasteiger partial charge in [0.25, 0.3) is 5.56 Å². The van der Waals surface area contributed by atoms with E-state index >= 15 is 0 Å². The SMILES string of the molecule is Cc1sc2ncn(CC(=O)Nc3cc(C4CC4)nn3-c3ccccc3)c(=O)c2c1C. The first-order valence-corrected chi connectivity index (χ1v) is 10.7. The van der Waals surface area contributed by atoms with Gasteiger partial charge in [0.2, 0.25) is 5.91 Å². The Morgan fingerprint density at radius 1 is 1.23 bits per heavy atom. The number of aromatic nitrogens is 4. The molecule has 0 spiro atoms. The smallest absolute Gasteiger partial charge is 0.262 e. The Labute approximate surface area is 177 Å². The maximum atomic E-state index is 12.9. The van der Waals surface area contributed by atoms with Crippen LogP contribution in [0.25, 0.3) is 15.9 Å². The van der Waals surface area contributed by atoms with E-state index in [0.29, 0.717) is 22.0 Å². The number of para-hydroxylation sites is 1. The highest BCUT2D eigenvalue weighted by atomic mass is 32.1. The number of carbonyl (C=O) groups is 1. The molecule has 152 valence electrons. The van der Waals surface area contributed by atoms with Crippen LogP contribution in [0, 0.1) is 13.8 Å². The van der Waals surface area contributed by atoms with Gasteiger partial charge in [-0.2, -0.15) is 5.10 Å². The number of nitrogens with zero attached hydrogens (tertiary/aromatic N) is 4. The van der Waals surface area contributed by atoms with Crippen LogP contribution < -0.4 is 10.9 Å². The van der Waals surface area contributed by atoms with E-state index in [1.807, 2.05) is 50.2 Å². The summed E-state index contributed by atoms with van der Waals surface area (Å²) in [5, 5.41) is 8.23. The highest BCUT2D eigenvalue weighted by Gasteiger charge is 2.28. The van der Waals surface area contributed by atoms with Crippen LogP contribution in [-0.4, -0.2) is 25.2 Å². The zero-order valence-corrected chi connectivity index (χ0v) is 17.6. The fourth-order valence-corrected chi connectivity index (χ4v) is 4.54. The quantitative estimate of drug-likeness (QED) is 0.534. The second-order valence-corrected chi connectivity index (χ2v) is 8.87. The van der Waals surface area contributed by atoms with Crippen molar-refractivity contribution in [3.8, 4) is 5.69 Å². The molecule has 3 heterocycles. The van der Waals surface area contributed by atoms with Crippen LogP contribution in [-0.2, 0) is 11.3 Å². The lowest BCUT2D eigenvalue weighted by Crippen LogP contribution is -2.28. The second-order valence-electron chi connectivity index (χ2n) is 7.67. The minimum Gasteiger partial charge on any atom is -0.309 e. The molecule has 1 N–H and O–H groups in total. The first-order valence-electron chi connectivity index (χ1n) is 9.91. The van der Waals surface area contributed by atoms with Crippen molar-refractivity contribution >= 4 is 33.3 Å². The van der Waals surface area contributed by atoms with Gasteiger partial charge in [-0.05, 0) is 44.4 Å². The van der Waals surface area contributed by atoms with Gasteiger partial charge in [0.1, 0.15) is 17.2 Å². The Bertz CT molecular complexity index is 1310. The summed E-state index contributed by atoms with van der Waals surface area (Å²) in [7, 11) is 0. The van der Waals surface area contributed by atoms with Gasteiger partial charge >= 0.3 is 0 Å². The zero-order valence-electron chi connectivity index (χ0n) is 16.8. The Morgan fingerprint density at radius 3 is 2.73 bits per heavy atom. The van der Waals surface area contributed by atoms with Gasteiger partial charge in [0.05, 0.1) is 23.1 Å². The summed E-state index contributed by atoms with van der Waals surface area (Å²) in [5.74, 6) is 0.782. The standard InChI is InChI=1S/C22H21N5O2S/c1-13-14(2)30-21-20(13)22(29)26(12-23-21)11-19(28)24-18-10-17(15-8-9-15)25-27(18)16-6-4-3-5-7-16/h3-7,10,12,15H,8-9,11H2,1-2H3,(H,24,28). The molecular weight excluding hydrogens is 398 g/mol. The normalized spacial score (nSPS) is 13.7. The third-order valence-electron chi connectivity index (χ3n) is 5.46. The molecule has 7 nitrogen and oxygen atoms in total. The summed E-state index contributed by atoms with van der Waals surface area (Å²) in [6.45, 7) is 3.79. The molecule has 1 saturated carbocycles. The van der Waals surface area contributed by atoms with Crippen molar-refractivity contribution in [2.75, 3.05) is 5.32 Å². The first-order chi connectivity index (χ1) is 14.5. The largest absolute Gasteiger partial charge is 0.309 e. The fourth-order valence-electron chi connectivity index (χ4n) is 3.55. The van der Waals surface area contributed by atoms with Gasteiger partial charge in [-0.1, -0.05) is 18.2 Å². The van der Waals surface area contributed by atoms with Crippen molar-refractivity contribution < 1.29 is 4.79 Å². The van der Waals surface area contributed by atoms with E-state index in [4.69, 9.17) is 5.10 Å². The average Bonchev–Trinajstić information content (AvgIpc) is 3.44. The van der Waals surface area contributed by atoms with Crippen molar-refractivity contribution in [2.45, 2.75) is 39.2 Å². The summed E-state index contributed by atoms with van der Waals surface area (Å²) >= 11 is 1.50. The van der Waals surface area contributed by atoms with Gasteiger partial charge in [0, 0.05) is 16.9 Å². The lowest BCUT2D eigenvalue weighted by molar-refractivity contribution is -0.116. The molecule has 0 saturated heterocycles. The molecule has 0 aliphatic heterocycles. The Kier molecular flexibility index (Phi) is 4.51. The summed E-state index contributed by atoms with van der Waals surface area (Å²) in [6, 6.07) is 11.6. The molecular formula is C22H21N5O2S. The Balaban J connectivity index is 1.44. The van der Waals surface area contributed by atoms with Crippen LogP contribution in [0.2, 0.25) is 0 Å². The Morgan fingerprint density at radius 2 is 2.00 bits per heavy atom. The number of thiophene rings is 1. The topological polar surface area (TPSA) is 81.8 Å². The van der Waals surface area contributed by atoms with Crippen LogP contribution in [0.5, 0.6) is 0 Å². The number of hydrogen-bond donors (Lipinski definition) is 1. The molecule has 3 aromatic heterocycles. The van der Waals surface area contributed by atoms with Crippen molar-refractivity contribution in [3.05, 3.63) is 69.2 Å². The number of rotatable bonds is 5. The number of aryl methyl sites for hydroxylation is 2. The molecule has 8 heteroatoms. The number of fused-ring (bicyclic) bond motifs is 1. The Hall–Kier alpha value is -3.26. The van der Waals surface area contributed by atoms with Crippen molar-refractivity contribution in [2.24, 2.45) is 0 Å². The number of hydrogen-bond acceptors (Lipinski definition) is 5. The molecule has 5 rings (SSSR count). The molecule has 1 amide bonds. The van der Waals surface area contributed by atoms with Crippen LogP contribution in [0.3, 0.4) is 0 Å². The average molecular weight is 420 g/mol. The van der Waals surface area contributed by atoms with Crippen LogP contribution in [0.1, 0.15) is 34.9 Å². The van der Waals surface area contributed by atoms with Gasteiger partial charge in [-0.25, -0.2) is 9.67 Å². The lowest BCUT2D eigenvalue weighted by atomic mass is 10.2. The molecule has 1 aromatic carbocycles. The van der Waals surface area contributed by atoms with Crippen LogP contribution >= 0.6 is 11.3 Å². The van der Waals surface area contributed by atoms with Crippen LogP contribution in [0.4, 0.5) is 5.82 Å². The molecule has 0 unspecified atom stereocenters. The number of nitrogens with one attached hydrogen (secondary N) is 1. The van der Waals surface area contributed by atoms with E-state index in [9.17, 15) is 9.59 Å². The van der Waals surface area contributed by atoms with E-state index in [-0.39, 0.29) is 18.0 Å². The van der Waals surface area contributed by atoms with Gasteiger partial charge in [0.15, 0.2) is 0 Å². The molecule has 1 fully saturated rings. The first kappa shape index (κ1) is 18.7. The third-order valence-corrected chi connectivity index (χ3v) is 6.58. The van der Waals surface area contributed by atoms with E-state index in [2.05, 4.69) is 10.3 Å². The molecule has 0 radical (unpaired) electrons. The maximum Gasteiger partial charge on any atom is 0.262 e. The molecule has 0 bridgehead atoms.